The molecule has 2 heterocycles. The SMILES string of the molecule is NS(=O)(=O)c1cccc(S(=O)(=O)N2CCOC(C(=O)OC(Cc3c(Cl)cncc3Cl)c3ccc(OC(F)F)c(OCC4CC4)c3)C2)c1. The molecule has 1 aliphatic heterocycles. The van der Waals surface area contributed by atoms with E-state index in [-0.39, 0.29) is 58.5 Å². The molecule has 2 fully saturated rings. The van der Waals surface area contributed by atoms with E-state index in [1.807, 2.05) is 0 Å². The summed E-state index contributed by atoms with van der Waals surface area (Å²) in [4.78, 5) is 16.7. The van der Waals surface area contributed by atoms with E-state index >= 15 is 0 Å². The van der Waals surface area contributed by atoms with Crippen molar-refractivity contribution in [2.75, 3.05) is 26.3 Å². The molecule has 1 aliphatic carbocycles. The molecule has 0 amide bonds. The third-order valence-corrected chi connectivity index (χ3v) is 10.8. The maximum absolute atomic E-state index is 13.6. The van der Waals surface area contributed by atoms with Gasteiger partial charge in [0, 0.05) is 25.4 Å². The molecule has 2 atom stereocenters. The average molecular weight is 737 g/mol. The quantitative estimate of drug-likeness (QED) is 0.250. The van der Waals surface area contributed by atoms with E-state index in [0.29, 0.717) is 11.1 Å². The zero-order chi connectivity index (χ0) is 33.9. The van der Waals surface area contributed by atoms with Crippen molar-refractivity contribution in [3.63, 3.8) is 0 Å². The number of morpholine rings is 1. The Hall–Kier alpha value is -3.12. The number of aromatic nitrogens is 1. The van der Waals surface area contributed by atoms with E-state index in [0.717, 1.165) is 29.3 Å². The minimum absolute atomic E-state index is 0.00980. The number of hydrogen-bond acceptors (Lipinski definition) is 10. The predicted octanol–water partition coefficient (Wildman–Crippen LogP) is 4.34. The number of nitrogens with zero attached hydrogens (tertiary/aromatic N) is 2. The van der Waals surface area contributed by atoms with Crippen LogP contribution in [0.15, 0.2) is 64.6 Å². The molecule has 0 spiro atoms. The summed E-state index contributed by atoms with van der Waals surface area (Å²) in [5, 5.41) is 5.51. The van der Waals surface area contributed by atoms with Gasteiger partial charge in [-0.15, -0.1) is 0 Å². The highest BCUT2D eigenvalue weighted by molar-refractivity contribution is 7.90. The minimum atomic E-state index is -4.29. The number of halogens is 4. The Labute approximate surface area is 279 Å². The summed E-state index contributed by atoms with van der Waals surface area (Å²) in [7, 11) is -8.48. The molecule has 2 N–H and O–H groups in total. The molecule has 2 unspecified atom stereocenters. The Kier molecular flexibility index (Phi) is 10.9. The van der Waals surface area contributed by atoms with Crippen LogP contribution in [0.4, 0.5) is 8.78 Å². The van der Waals surface area contributed by atoms with Gasteiger partial charge in [0.05, 0.1) is 39.6 Å². The van der Waals surface area contributed by atoms with Crippen LogP contribution >= 0.6 is 23.2 Å². The first-order valence-corrected chi connectivity index (χ1v) is 17.9. The van der Waals surface area contributed by atoms with Crippen molar-refractivity contribution in [3.8, 4) is 11.5 Å². The number of esters is 1. The molecular weight excluding hydrogens is 707 g/mol. The Bertz CT molecular complexity index is 1830. The van der Waals surface area contributed by atoms with E-state index in [4.69, 9.17) is 42.6 Å². The second-order valence-corrected chi connectivity index (χ2v) is 15.1. The fourth-order valence-electron chi connectivity index (χ4n) is 4.73. The van der Waals surface area contributed by atoms with Gasteiger partial charge in [-0.25, -0.2) is 26.8 Å². The molecule has 254 valence electrons. The van der Waals surface area contributed by atoms with Gasteiger partial charge in [-0.2, -0.15) is 13.1 Å². The highest BCUT2D eigenvalue weighted by Gasteiger charge is 2.37. The number of nitrogens with two attached hydrogens (primary N) is 1. The van der Waals surface area contributed by atoms with Crippen molar-refractivity contribution < 1.29 is 49.4 Å². The van der Waals surface area contributed by atoms with Crippen molar-refractivity contribution >= 4 is 49.2 Å². The molecule has 5 rings (SSSR count). The molecule has 1 aromatic heterocycles. The molecule has 2 aromatic carbocycles. The smallest absolute Gasteiger partial charge is 0.387 e. The number of benzene rings is 2. The van der Waals surface area contributed by atoms with E-state index in [2.05, 4.69) is 9.72 Å². The summed E-state index contributed by atoms with van der Waals surface area (Å²) in [6.07, 6.45) is 1.97. The van der Waals surface area contributed by atoms with Gasteiger partial charge in [-0.05, 0) is 60.2 Å². The molecule has 1 saturated heterocycles. The average Bonchev–Trinajstić information content (AvgIpc) is 3.86. The lowest BCUT2D eigenvalue weighted by Crippen LogP contribution is -2.49. The van der Waals surface area contributed by atoms with Crippen molar-refractivity contribution in [1.29, 1.82) is 0 Å². The van der Waals surface area contributed by atoms with Gasteiger partial charge in [-0.1, -0.05) is 35.3 Å². The number of pyridine rings is 1. The number of alkyl halides is 2. The molecular formula is C29H29Cl2F2N3O9S2. The van der Waals surface area contributed by atoms with Crippen LogP contribution in [0.3, 0.4) is 0 Å². The van der Waals surface area contributed by atoms with Gasteiger partial charge in [-0.3, -0.25) is 4.98 Å². The molecule has 47 heavy (non-hydrogen) atoms. The van der Waals surface area contributed by atoms with Crippen LogP contribution < -0.4 is 14.6 Å². The van der Waals surface area contributed by atoms with Gasteiger partial charge in [0.25, 0.3) is 0 Å². The standard InChI is InChI=1S/C29H29Cl2F2N3O9S2/c30-22-13-35-14-23(31)21(22)12-25(18-6-7-24(45-29(32)33)26(10-18)43-16-17-4-5-17)44-28(37)27-15-36(8-9-42-27)47(40,41)20-3-1-2-19(11-20)46(34,38)39/h1-3,6-7,10-11,13-14,17,25,27,29H,4-5,8-9,12,15-16H2,(H2,34,38,39). The summed E-state index contributed by atoms with van der Waals surface area (Å²) in [6, 6.07) is 8.62. The van der Waals surface area contributed by atoms with Crippen LogP contribution in [0, 0.1) is 5.92 Å². The summed E-state index contributed by atoms with van der Waals surface area (Å²) >= 11 is 12.7. The molecule has 2 aliphatic rings. The lowest BCUT2D eigenvalue weighted by atomic mass is 10.0. The zero-order valence-corrected chi connectivity index (χ0v) is 27.6. The normalized spacial score (nSPS) is 18.1. The van der Waals surface area contributed by atoms with Crippen LogP contribution in [0.2, 0.25) is 10.0 Å². The number of carbonyl (C=O) groups excluding carboxylic acids is 1. The van der Waals surface area contributed by atoms with Crippen molar-refractivity contribution in [1.82, 2.24) is 9.29 Å². The highest BCUT2D eigenvalue weighted by atomic mass is 35.5. The second-order valence-electron chi connectivity index (χ2n) is 10.8. The summed E-state index contributed by atoms with van der Waals surface area (Å²) < 4.78 is 99.6. The summed E-state index contributed by atoms with van der Waals surface area (Å²) in [5.41, 5.74) is 0.688. The fraction of sp³-hybridized carbons (Fsp3) is 0.379. The Morgan fingerprint density at radius 3 is 2.40 bits per heavy atom. The lowest BCUT2D eigenvalue weighted by Gasteiger charge is -2.32. The van der Waals surface area contributed by atoms with Crippen molar-refractivity contribution in [3.05, 3.63) is 76.0 Å². The summed E-state index contributed by atoms with van der Waals surface area (Å²) in [6.45, 7) is -3.61. The van der Waals surface area contributed by atoms with Gasteiger partial charge < -0.3 is 18.9 Å². The van der Waals surface area contributed by atoms with Gasteiger partial charge >= 0.3 is 12.6 Å². The topological polar surface area (TPSA) is 164 Å². The van der Waals surface area contributed by atoms with E-state index < -0.39 is 56.3 Å². The van der Waals surface area contributed by atoms with Crippen LogP contribution in [0.5, 0.6) is 11.5 Å². The molecule has 1 saturated carbocycles. The molecule has 0 radical (unpaired) electrons. The molecule has 0 bridgehead atoms. The maximum atomic E-state index is 13.6. The predicted molar refractivity (Wildman–Crippen MR) is 164 cm³/mol. The minimum Gasteiger partial charge on any atom is -0.489 e. The molecule has 12 nitrogen and oxygen atoms in total. The first-order chi connectivity index (χ1) is 22.2. The van der Waals surface area contributed by atoms with Gasteiger partial charge in [0.15, 0.2) is 17.6 Å². The monoisotopic (exact) mass is 735 g/mol. The first-order valence-electron chi connectivity index (χ1n) is 14.2. The van der Waals surface area contributed by atoms with Crippen LogP contribution in [-0.4, -0.2) is 71.1 Å². The van der Waals surface area contributed by atoms with Crippen LogP contribution in [-0.2, 0) is 40.7 Å². The third kappa shape index (κ3) is 8.87. The molecule has 18 heteroatoms. The fourth-order valence-corrected chi connectivity index (χ4v) is 7.36. The van der Waals surface area contributed by atoms with E-state index in [1.165, 1.54) is 42.7 Å². The van der Waals surface area contributed by atoms with Gasteiger partial charge in [0.2, 0.25) is 20.0 Å². The number of ether oxygens (including phenoxy) is 4. The number of carbonyl (C=O) groups is 1. The highest BCUT2D eigenvalue weighted by Crippen LogP contribution is 2.38. The van der Waals surface area contributed by atoms with Crippen LogP contribution in [0.1, 0.15) is 30.1 Å². The number of sulfonamides is 2. The van der Waals surface area contributed by atoms with E-state index in [1.54, 1.807) is 0 Å². The van der Waals surface area contributed by atoms with Crippen molar-refractivity contribution in [2.24, 2.45) is 11.1 Å². The maximum Gasteiger partial charge on any atom is 0.387 e. The summed E-state index contributed by atoms with van der Waals surface area (Å²) in [5.74, 6) is -0.859. The largest absolute Gasteiger partial charge is 0.489 e. The lowest BCUT2D eigenvalue weighted by molar-refractivity contribution is -0.166. The third-order valence-electron chi connectivity index (χ3n) is 7.39. The second kappa shape index (κ2) is 14.6. The van der Waals surface area contributed by atoms with E-state index in [9.17, 15) is 30.4 Å². The Balaban J connectivity index is 1.41. The van der Waals surface area contributed by atoms with Crippen LogP contribution in [0.25, 0.3) is 0 Å². The zero-order valence-electron chi connectivity index (χ0n) is 24.4. The Morgan fingerprint density at radius 2 is 1.74 bits per heavy atom. The van der Waals surface area contributed by atoms with Crippen molar-refractivity contribution in [2.45, 2.75) is 47.9 Å². The first kappa shape index (κ1) is 35.2. The Morgan fingerprint density at radius 1 is 1.04 bits per heavy atom. The van der Waals surface area contributed by atoms with Gasteiger partial charge in [0.1, 0.15) is 6.10 Å². The number of primary sulfonamides is 1. The molecule has 3 aromatic rings. The number of hydrogen-bond donors (Lipinski definition) is 1. The number of rotatable bonds is 13.